The molecule has 9 aromatic rings. The number of fused-ring (bicyclic) bond motifs is 1. The van der Waals surface area contributed by atoms with Crippen LogP contribution < -0.4 is 9.47 Å². The molecule has 0 unspecified atom stereocenters. The number of nitro benzene ring substituents is 1. The molecule has 0 saturated carbocycles. The lowest BCUT2D eigenvalue weighted by Gasteiger charge is -2.36. The largest absolute Gasteiger partial charge is 0.517 e. The van der Waals surface area contributed by atoms with Crippen LogP contribution in [0.4, 0.5) is 10.5 Å². The number of rotatable bonds is 15. The van der Waals surface area contributed by atoms with Gasteiger partial charge in [-0.3, -0.25) is 14.7 Å². The zero-order valence-corrected chi connectivity index (χ0v) is 37.1. The maximum absolute atomic E-state index is 14.2. The molecule has 338 valence electrons. The summed E-state index contributed by atoms with van der Waals surface area (Å²) < 4.78 is 26.2. The van der Waals surface area contributed by atoms with E-state index < -0.39 is 28.4 Å². The van der Waals surface area contributed by atoms with Crippen LogP contribution in [0.3, 0.4) is 0 Å². The molecule has 9 rings (SSSR count). The molecule has 0 radical (unpaired) electrons. The molecule has 0 fully saturated rings. The summed E-state index contributed by atoms with van der Waals surface area (Å²) in [5, 5.41) is 25.1. The van der Waals surface area contributed by atoms with E-state index in [1.165, 1.54) is 38.1 Å². The molecule has 7 aromatic carbocycles. The normalized spacial score (nSPS) is 11.5. The lowest BCUT2D eigenvalue weighted by Crippen LogP contribution is -2.39. The van der Waals surface area contributed by atoms with Crippen LogP contribution in [-0.2, 0) is 21.6 Å². The summed E-state index contributed by atoms with van der Waals surface area (Å²) in [6, 6.07) is 56.8. The lowest BCUT2D eigenvalue weighted by atomic mass is 9.77. The van der Waals surface area contributed by atoms with Gasteiger partial charge in [0.2, 0.25) is 0 Å². The van der Waals surface area contributed by atoms with E-state index in [9.17, 15) is 19.7 Å². The molecule has 0 atom stereocenters. The Morgan fingerprint density at radius 3 is 1.88 bits per heavy atom. The predicted octanol–water partition coefficient (Wildman–Crippen LogP) is 10.7. The first-order valence-corrected chi connectivity index (χ1v) is 21.7. The van der Waals surface area contributed by atoms with Crippen molar-refractivity contribution in [3.8, 4) is 34.3 Å². The number of benzene rings is 7. The summed E-state index contributed by atoms with van der Waals surface area (Å²) in [6.45, 7) is 5.09. The molecule has 0 aliphatic carbocycles. The number of imidazole rings is 1. The molecule has 15 nitrogen and oxygen atoms in total. The highest BCUT2D eigenvalue weighted by atomic mass is 16.8. The van der Waals surface area contributed by atoms with E-state index in [4.69, 9.17) is 34.2 Å². The Bertz CT molecular complexity index is 3140. The molecular weight excluding hydrogens is 863 g/mol. The van der Waals surface area contributed by atoms with Gasteiger partial charge in [0.15, 0.2) is 5.82 Å². The smallest absolute Gasteiger partial charge is 0.465 e. The Labute approximate surface area is 390 Å². The highest BCUT2D eigenvalue weighted by Crippen LogP contribution is 2.44. The number of nitro groups is 1. The first kappa shape index (κ1) is 44.2. The molecule has 2 heterocycles. The van der Waals surface area contributed by atoms with Gasteiger partial charge in [-0.2, -0.15) is 4.98 Å². The standard InChI is InChI=1S/C53H43N7O8/c1-4-65-50-54-46-27-17-26-44(49(61)67-52(2,3)68-51(62)66-42-31-29-41(30-32-42)60(63)64)47(46)58(50)35-36-28-33-43(37-18-9-5-10-19-37)45(34-36)48-55-56-57-59(48)53(38-20-11-6-12-21-38,39-22-13-7-14-23-39)40-24-15-8-16-25-40/h5-34H,4,35H2,1-3H3. The minimum absolute atomic E-state index is 0.000726. The topological polar surface area (TPSA) is 176 Å². The van der Waals surface area contributed by atoms with Gasteiger partial charge in [0.25, 0.3) is 17.5 Å². The van der Waals surface area contributed by atoms with Gasteiger partial charge >= 0.3 is 12.1 Å². The molecule has 68 heavy (non-hydrogen) atoms. The average Bonchev–Trinajstić information content (AvgIpc) is 3.98. The highest BCUT2D eigenvalue weighted by Gasteiger charge is 2.42. The van der Waals surface area contributed by atoms with E-state index in [-0.39, 0.29) is 36.2 Å². The summed E-state index contributed by atoms with van der Waals surface area (Å²) in [5.41, 5.74) is 6.02. The fourth-order valence-electron chi connectivity index (χ4n) is 8.38. The SMILES string of the molecule is CCOc1nc2cccc(C(=O)OC(C)(C)OC(=O)Oc3ccc([N+](=O)[O-])cc3)c2n1Cc1ccc(-c2ccccc2)c(-c2nnnn2C(c2ccccc2)(c2ccccc2)c2ccccc2)c1. The van der Waals surface area contributed by atoms with Crippen LogP contribution in [0.25, 0.3) is 33.5 Å². The van der Waals surface area contributed by atoms with Crippen molar-refractivity contribution in [3.63, 3.8) is 0 Å². The molecule has 0 bridgehead atoms. The number of ether oxygens (including phenoxy) is 4. The number of aromatic nitrogens is 6. The maximum Gasteiger partial charge on any atom is 0.517 e. The van der Waals surface area contributed by atoms with E-state index in [1.807, 2.05) is 115 Å². The van der Waals surface area contributed by atoms with Crippen molar-refractivity contribution in [2.24, 2.45) is 0 Å². The van der Waals surface area contributed by atoms with Crippen LogP contribution in [0.1, 0.15) is 53.4 Å². The first-order valence-electron chi connectivity index (χ1n) is 21.7. The number of nitrogens with zero attached hydrogens (tertiary/aromatic N) is 7. The van der Waals surface area contributed by atoms with Gasteiger partial charge in [-0.05, 0) is 81.1 Å². The third kappa shape index (κ3) is 8.75. The second-order valence-corrected chi connectivity index (χ2v) is 16.1. The number of hydrogen-bond acceptors (Lipinski definition) is 12. The van der Waals surface area contributed by atoms with Crippen molar-refractivity contribution in [1.29, 1.82) is 0 Å². The van der Waals surface area contributed by atoms with Crippen LogP contribution in [0, 0.1) is 10.1 Å². The van der Waals surface area contributed by atoms with Gasteiger partial charge < -0.3 is 18.9 Å². The number of para-hydroxylation sites is 1. The van der Waals surface area contributed by atoms with Crippen molar-refractivity contribution in [3.05, 3.63) is 220 Å². The number of non-ortho nitro benzene ring substituents is 1. The van der Waals surface area contributed by atoms with Crippen molar-refractivity contribution < 1.29 is 33.5 Å². The Balaban J connectivity index is 1.13. The number of carbonyl (C=O) groups excluding carboxylic acids is 2. The molecule has 2 aromatic heterocycles. The minimum Gasteiger partial charge on any atom is -0.465 e. The molecule has 0 aliphatic rings. The summed E-state index contributed by atoms with van der Waals surface area (Å²) in [5.74, 6) is -2.13. The third-order valence-electron chi connectivity index (χ3n) is 11.3. The fourth-order valence-corrected chi connectivity index (χ4v) is 8.38. The van der Waals surface area contributed by atoms with Gasteiger partial charge in [0, 0.05) is 31.5 Å². The van der Waals surface area contributed by atoms with Crippen LogP contribution >= 0.6 is 0 Å². The van der Waals surface area contributed by atoms with Gasteiger partial charge in [-0.25, -0.2) is 14.3 Å². The summed E-state index contributed by atoms with van der Waals surface area (Å²) in [4.78, 5) is 42.2. The van der Waals surface area contributed by atoms with E-state index in [0.29, 0.717) is 16.9 Å². The Morgan fingerprint density at radius 2 is 1.29 bits per heavy atom. The zero-order valence-electron chi connectivity index (χ0n) is 37.1. The second-order valence-electron chi connectivity index (χ2n) is 16.1. The number of hydrogen-bond donors (Lipinski definition) is 0. The average molecular weight is 906 g/mol. The quantitative estimate of drug-likeness (QED) is 0.0238. The van der Waals surface area contributed by atoms with Gasteiger partial charge in [0.05, 0.1) is 34.7 Å². The molecule has 0 N–H and O–H groups in total. The Morgan fingerprint density at radius 1 is 0.691 bits per heavy atom. The molecule has 0 aliphatic heterocycles. The highest BCUT2D eigenvalue weighted by molar-refractivity contribution is 6.02. The van der Waals surface area contributed by atoms with E-state index >= 15 is 0 Å². The van der Waals surface area contributed by atoms with E-state index in [1.54, 1.807) is 22.8 Å². The summed E-state index contributed by atoms with van der Waals surface area (Å²) >= 11 is 0. The van der Waals surface area contributed by atoms with Crippen molar-refractivity contribution in [2.45, 2.75) is 38.6 Å². The third-order valence-corrected chi connectivity index (χ3v) is 11.3. The molecular formula is C53H43N7O8. The number of esters is 1. The number of tetrazole rings is 1. The number of carbonyl (C=O) groups is 2. The monoisotopic (exact) mass is 905 g/mol. The van der Waals surface area contributed by atoms with Crippen LogP contribution in [0.5, 0.6) is 11.8 Å². The predicted molar refractivity (Wildman–Crippen MR) is 253 cm³/mol. The lowest BCUT2D eigenvalue weighted by molar-refractivity contribution is -0.384. The molecule has 0 saturated heterocycles. The van der Waals surface area contributed by atoms with Gasteiger partial charge in [0.1, 0.15) is 11.3 Å². The fraction of sp³-hybridized carbons (Fsp3) is 0.132. The van der Waals surface area contributed by atoms with Gasteiger partial charge in [-0.15, -0.1) is 5.10 Å². The van der Waals surface area contributed by atoms with E-state index in [0.717, 1.165) is 38.9 Å². The van der Waals surface area contributed by atoms with Crippen molar-refractivity contribution in [1.82, 2.24) is 29.8 Å². The zero-order chi connectivity index (χ0) is 47.3. The second kappa shape index (κ2) is 18.9. The van der Waals surface area contributed by atoms with Crippen LogP contribution in [0.15, 0.2) is 182 Å². The summed E-state index contributed by atoms with van der Waals surface area (Å²) in [7, 11) is 0. The molecule has 15 heteroatoms. The van der Waals surface area contributed by atoms with E-state index in [2.05, 4.69) is 41.6 Å². The van der Waals surface area contributed by atoms with Gasteiger partial charge in [-0.1, -0.05) is 140 Å². The summed E-state index contributed by atoms with van der Waals surface area (Å²) in [6.07, 6.45) is -1.19. The van der Waals surface area contributed by atoms with Crippen molar-refractivity contribution in [2.75, 3.05) is 6.61 Å². The molecule has 0 spiro atoms. The van der Waals surface area contributed by atoms with Crippen LogP contribution in [0.2, 0.25) is 0 Å². The Hall–Kier alpha value is -8.98. The first-order chi connectivity index (χ1) is 33.1. The van der Waals surface area contributed by atoms with Crippen LogP contribution in [-0.4, -0.2) is 59.2 Å². The molecule has 0 amide bonds. The minimum atomic E-state index is -1.81. The Kier molecular flexibility index (Phi) is 12.3. The maximum atomic E-state index is 14.2. The van der Waals surface area contributed by atoms with Crippen molar-refractivity contribution >= 4 is 28.8 Å².